The van der Waals surface area contributed by atoms with Gasteiger partial charge in [0.15, 0.2) is 9.84 Å². The highest BCUT2D eigenvalue weighted by atomic mass is 32.2. The Kier molecular flexibility index (Phi) is 1.66. The minimum atomic E-state index is -3.12. The van der Waals surface area contributed by atoms with Crippen molar-refractivity contribution in [1.29, 1.82) is 0 Å². The summed E-state index contributed by atoms with van der Waals surface area (Å²) in [7, 11) is -3.12. The maximum atomic E-state index is 11.3. The highest BCUT2D eigenvalue weighted by Crippen LogP contribution is 2.21. The molecule has 4 heteroatoms. The van der Waals surface area contributed by atoms with Crippen LogP contribution in [0.25, 0.3) is 10.9 Å². The Morgan fingerprint density at radius 2 is 1.92 bits per heavy atom. The van der Waals surface area contributed by atoms with E-state index in [1.54, 1.807) is 6.07 Å². The maximum absolute atomic E-state index is 11.3. The van der Waals surface area contributed by atoms with Crippen LogP contribution in [0.3, 0.4) is 0 Å². The molecule has 13 heavy (non-hydrogen) atoms. The third-order valence-corrected chi connectivity index (χ3v) is 3.09. The van der Waals surface area contributed by atoms with Crippen molar-refractivity contribution in [3.05, 3.63) is 30.5 Å². The number of para-hydroxylation sites is 1. The second-order valence-corrected chi connectivity index (χ2v) is 4.95. The van der Waals surface area contributed by atoms with E-state index in [0.29, 0.717) is 4.90 Å². The molecule has 0 unspecified atom stereocenters. The van der Waals surface area contributed by atoms with E-state index in [1.807, 2.05) is 18.2 Å². The fourth-order valence-electron chi connectivity index (χ4n) is 1.35. The fraction of sp³-hybridized carbons (Fsp3) is 0.111. The van der Waals surface area contributed by atoms with Crippen LogP contribution >= 0.6 is 0 Å². The Morgan fingerprint density at radius 1 is 1.23 bits per heavy atom. The van der Waals surface area contributed by atoms with Gasteiger partial charge in [0.1, 0.15) is 0 Å². The van der Waals surface area contributed by atoms with E-state index < -0.39 is 9.84 Å². The first-order valence-corrected chi connectivity index (χ1v) is 5.74. The summed E-state index contributed by atoms with van der Waals surface area (Å²) in [6.45, 7) is 0. The van der Waals surface area contributed by atoms with Crippen LogP contribution in [0, 0.1) is 0 Å². The van der Waals surface area contributed by atoms with E-state index in [2.05, 4.69) is 4.98 Å². The number of H-pyrrole nitrogens is 1. The normalized spacial score (nSPS) is 12.1. The Balaban J connectivity index is 2.87. The molecule has 0 aliphatic carbocycles. The lowest BCUT2D eigenvalue weighted by Gasteiger charge is -1.93. The topological polar surface area (TPSA) is 49.9 Å². The largest absolute Gasteiger partial charge is 0.360 e. The van der Waals surface area contributed by atoms with Gasteiger partial charge in [-0.15, -0.1) is 0 Å². The molecule has 0 radical (unpaired) electrons. The number of nitrogens with one attached hydrogen (secondary N) is 1. The number of rotatable bonds is 1. The number of hydrogen-bond donors (Lipinski definition) is 1. The van der Waals surface area contributed by atoms with Gasteiger partial charge in [0.05, 0.1) is 4.90 Å². The number of fused-ring (bicyclic) bond motifs is 1. The lowest BCUT2D eigenvalue weighted by atomic mass is 10.2. The Morgan fingerprint density at radius 3 is 2.62 bits per heavy atom. The summed E-state index contributed by atoms with van der Waals surface area (Å²) >= 11 is 0. The van der Waals surface area contributed by atoms with Crippen LogP contribution in [0.15, 0.2) is 35.4 Å². The molecule has 1 heterocycles. The van der Waals surface area contributed by atoms with E-state index in [9.17, 15) is 8.42 Å². The van der Waals surface area contributed by atoms with E-state index in [4.69, 9.17) is 0 Å². The number of hydrogen-bond acceptors (Lipinski definition) is 2. The zero-order chi connectivity index (χ0) is 9.47. The van der Waals surface area contributed by atoms with Crippen molar-refractivity contribution in [3.63, 3.8) is 0 Å². The molecule has 0 amide bonds. The molecule has 68 valence electrons. The van der Waals surface area contributed by atoms with Crippen LogP contribution in [0.1, 0.15) is 0 Å². The van der Waals surface area contributed by atoms with Crippen molar-refractivity contribution in [2.24, 2.45) is 0 Å². The van der Waals surface area contributed by atoms with E-state index in [0.717, 1.165) is 10.9 Å². The van der Waals surface area contributed by atoms with Crippen LogP contribution in [-0.4, -0.2) is 19.7 Å². The third-order valence-electron chi connectivity index (χ3n) is 1.95. The minimum Gasteiger partial charge on any atom is -0.360 e. The van der Waals surface area contributed by atoms with Gasteiger partial charge in [-0.05, 0) is 6.07 Å². The van der Waals surface area contributed by atoms with Gasteiger partial charge in [0.2, 0.25) is 0 Å². The van der Waals surface area contributed by atoms with Crippen LogP contribution in [0.5, 0.6) is 0 Å². The summed E-state index contributed by atoms with van der Waals surface area (Å²) in [6.07, 6.45) is 2.74. The first-order valence-electron chi connectivity index (χ1n) is 3.85. The van der Waals surface area contributed by atoms with Gasteiger partial charge in [0.25, 0.3) is 0 Å². The van der Waals surface area contributed by atoms with E-state index in [1.165, 1.54) is 12.5 Å². The average molecular weight is 195 g/mol. The number of sulfone groups is 1. The quantitative estimate of drug-likeness (QED) is 0.750. The zero-order valence-electron chi connectivity index (χ0n) is 7.11. The molecule has 1 aromatic carbocycles. The first-order chi connectivity index (χ1) is 6.09. The van der Waals surface area contributed by atoms with Gasteiger partial charge in [-0.25, -0.2) is 8.42 Å². The number of aromatic nitrogens is 1. The summed E-state index contributed by atoms with van der Waals surface area (Å²) in [6, 6.07) is 7.34. The highest BCUT2D eigenvalue weighted by molar-refractivity contribution is 7.91. The van der Waals surface area contributed by atoms with Crippen molar-refractivity contribution in [3.8, 4) is 0 Å². The molecule has 0 aliphatic heterocycles. The predicted molar refractivity (Wildman–Crippen MR) is 51.4 cm³/mol. The summed E-state index contributed by atoms with van der Waals surface area (Å²) in [5.74, 6) is 0. The Labute approximate surface area is 76.3 Å². The molecular weight excluding hydrogens is 186 g/mol. The minimum absolute atomic E-state index is 0.364. The first kappa shape index (κ1) is 8.31. The van der Waals surface area contributed by atoms with E-state index >= 15 is 0 Å². The molecule has 1 N–H and O–H groups in total. The molecular formula is C9H9NO2S. The van der Waals surface area contributed by atoms with Gasteiger partial charge in [0, 0.05) is 23.4 Å². The van der Waals surface area contributed by atoms with E-state index in [-0.39, 0.29) is 0 Å². The Bertz CT molecular complexity index is 539. The molecule has 2 rings (SSSR count). The lowest BCUT2D eigenvalue weighted by molar-refractivity contribution is 0.602. The standard InChI is InChI=1S/C9H9NO2S/c1-13(11,12)9-6-10-8-5-3-2-4-7(8)9/h2-6,10H,1H3. The van der Waals surface area contributed by atoms with Gasteiger partial charge >= 0.3 is 0 Å². The molecule has 0 bridgehead atoms. The smallest absolute Gasteiger partial charge is 0.177 e. The molecule has 0 saturated carbocycles. The number of aromatic amines is 1. The van der Waals surface area contributed by atoms with Crippen molar-refractivity contribution < 1.29 is 8.42 Å². The molecule has 2 aromatic rings. The van der Waals surface area contributed by atoms with Crippen LogP contribution in [0.4, 0.5) is 0 Å². The van der Waals surface area contributed by atoms with Crippen molar-refractivity contribution in [2.45, 2.75) is 4.90 Å². The van der Waals surface area contributed by atoms with Gasteiger partial charge in [-0.2, -0.15) is 0 Å². The summed E-state index contributed by atoms with van der Waals surface area (Å²) in [5, 5.41) is 0.755. The summed E-state index contributed by atoms with van der Waals surface area (Å²) in [4.78, 5) is 3.28. The molecule has 3 nitrogen and oxygen atoms in total. The Hall–Kier alpha value is -1.29. The molecule has 0 aliphatic rings. The van der Waals surface area contributed by atoms with Crippen LogP contribution in [-0.2, 0) is 9.84 Å². The molecule has 1 aromatic heterocycles. The van der Waals surface area contributed by atoms with Crippen molar-refractivity contribution >= 4 is 20.7 Å². The molecule has 0 spiro atoms. The predicted octanol–water partition coefficient (Wildman–Crippen LogP) is 1.57. The summed E-state index contributed by atoms with van der Waals surface area (Å²) in [5.41, 5.74) is 0.850. The molecule has 0 atom stereocenters. The maximum Gasteiger partial charge on any atom is 0.177 e. The lowest BCUT2D eigenvalue weighted by Crippen LogP contribution is -1.94. The van der Waals surface area contributed by atoms with Gasteiger partial charge in [-0.1, -0.05) is 18.2 Å². The number of benzene rings is 1. The second kappa shape index (κ2) is 2.60. The highest BCUT2D eigenvalue weighted by Gasteiger charge is 2.12. The SMILES string of the molecule is CS(=O)(=O)c1c[nH]c2ccccc12. The second-order valence-electron chi connectivity index (χ2n) is 2.97. The van der Waals surface area contributed by atoms with Crippen molar-refractivity contribution in [1.82, 2.24) is 4.98 Å². The van der Waals surface area contributed by atoms with Crippen LogP contribution < -0.4 is 0 Å². The van der Waals surface area contributed by atoms with Crippen LogP contribution in [0.2, 0.25) is 0 Å². The summed E-state index contributed by atoms with van der Waals surface area (Å²) < 4.78 is 22.6. The monoisotopic (exact) mass is 195 g/mol. The van der Waals surface area contributed by atoms with Crippen molar-refractivity contribution in [2.75, 3.05) is 6.26 Å². The van der Waals surface area contributed by atoms with Gasteiger partial charge < -0.3 is 4.98 Å². The fourth-order valence-corrected chi connectivity index (χ4v) is 2.20. The van der Waals surface area contributed by atoms with Gasteiger partial charge in [-0.3, -0.25) is 0 Å². The zero-order valence-corrected chi connectivity index (χ0v) is 7.93. The average Bonchev–Trinajstić information content (AvgIpc) is 2.45. The molecule has 0 fully saturated rings. The molecule has 0 saturated heterocycles. The third kappa shape index (κ3) is 1.33.